The summed E-state index contributed by atoms with van der Waals surface area (Å²) in [5, 5.41) is 20.2. The molecule has 2 aromatic heterocycles. The lowest BCUT2D eigenvalue weighted by Gasteiger charge is -2.34. The quantitative estimate of drug-likeness (QED) is 0.277. The molecule has 0 unspecified atom stereocenters. The van der Waals surface area contributed by atoms with Crippen molar-refractivity contribution >= 4 is 16.7 Å². The van der Waals surface area contributed by atoms with Crippen LogP contribution in [0, 0.1) is 17.2 Å². The second-order valence-corrected chi connectivity index (χ2v) is 11.0. The number of alkyl halides is 3. The van der Waals surface area contributed by atoms with Gasteiger partial charge in [0.15, 0.2) is 0 Å². The minimum atomic E-state index is -4.58. The number of ether oxygens (including phenoxy) is 1. The number of benzene rings is 2. The Morgan fingerprint density at radius 1 is 1.05 bits per heavy atom. The molecule has 41 heavy (non-hydrogen) atoms. The summed E-state index contributed by atoms with van der Waals surface area (Å²) in [6, 6.07) is 16.4. The van der Waals surface area contributed by atoms with Gasteiger partial charge in [-0.05, 0) is 68.9 Å². The first-order valence-corrected chi connectivity index (χ1v) is 13.5. The lowest BCUT2D eigenvalue weighted by atomic mass is 9.89. The van der Waals surface area contributed by atoms with Gasteiger partial charge in [-0.15, -0.1) is 0 Å². The number of rotatable bonds is 6. The van der Waals surface area contributed by atoms with Crippen LogP contribution in [0.1, 0.15) is 48.9 Å². The van der Waals surface area contributed by atoms with Gasteiger partial charge in [0.05, 0.1) is 35.4 Å². The molecule has 9 heteroatoms. The number of piperidine rings is 1. The largest absolute Gasteiger partial charge is 0.496 e. The van der Waals surface area contributed by atoms with E-state index in [1.807, 2.05) is 36.5 Å². The van der Waals surface area contributed by atoms with Crippen molar-refractivity contribution in [1.82, 2.24) is 9.97 Å². The van der Waals surface area contributed by atoms with Gasteiger partial charge in [0.2, 0.25) is 0 Å². The van der Waals surface area contributed by atoms with Gasteiger partial charge in [-0.1, -0.05) is 24.3 Å². The zero-order valence-corrected chi connectivity index (χ0v) is 23.2. The average Bonchev–Trinajstić information content (AvgIpc) is 2.96. The van der Waals surface area contributed by atoms with Crippen LogP contribution in [0.4, 0.5) is 19.0 Å². The van der Waals surface area contributed by atoms with Crippen LogP contribution >= 0.6 is 0 Å². The fourth-order valence-electron chi connectivity index (χ4n) is 5.50. The van der Waals surface area contributed by atoms with Gasteiger partial charge in [-0.3, -0.25) is 4.98 Å². The Kier molecular flexibility index (Phi) is 7.62. The molecular weight excluding hydrogens is 529 g/mol. The number of aliphatic hydroxyl groups is 1. The second-order valence-electron chi connectivity index (χ2n) is 11.0. The summed E-state index contributed by atoms with van der Waals surface area (Å²) >= 11 is 0. The molecule has 1 N–H and O–H groups in total. The Hall–Kier alpha value is -4.16. The summed E-state index contributed by atoms with van der Waals surface area (Å²) in [6.45, 7) is 3.77. The Bertz CT molecular complexity index is 1600. The number of pyridine rings is 2. The molecule has 5 rings (SSSR count). The number of halogens is 3. The molecule has 212 valence electrons. The number of anilines is 1. The van der Waals surface area contributed by atoms with E-state index in [0.717, 1.165) is 39.4 Å². The zero-order valence-electron chi connectivity index (χ0n) is 23.2. The highest BCUT2D eigenvalue weighted by atomic mass is 19.4. The summed E-state index contributed by atoms with van der Waals surface area (Å²) in [4.78, 5) is 10.6. The van der Waals surface area contributed by atoms with Gasteiger partial charge < -0.3 is 14.7 Å². The normalized spacial score (nSPS) is 14.7. The van der Waals surface area contributed by atoms with Crippen LogP contribution in [0.5, 0.6) is 5.75 Å². The maximum Gasteiger partial charge on any atom is 0.419 e. The zero-order chi connectivity index (χ0) is 29.4. The molecule has 0 aliphatic carbocycles. The van der Waals surface area contributed by atoms with Crippen LogP contribution in [0.15, 0.2) is 60.9 Å². The predicted molar refractivity (Wildman–Crippen MR) is 152 cm³/mol. The van der Waals surface area contributed by atoms with E-state index in [1.165, 1.54) is 20.0 Å². The number of para-hydroxylation sites is 1. The summed E-state index contributed by atoms with van der Waals surface area (Å²) in [5.41, 5.74) is 2.11. The fourth-order valence-corrected chi connectivity index (χ4v) is 5.50. The van der Waals surface area contributed by atoms with Gasteiger partial charge in [-0.25, -0.2) is 4.98 Å². The van der Waals surface area contributed by atoms with Crippen molar-refractivity contribution in [1.29, 1.82) is 5.26 Å². The molecule has 0 amide bonds. The third kappa shape index (κ3) is 5.84. The van der Waals surface area contributed by atoms with Crippen molar-refractivity contribution in [2.75, 3.05) is 25.1 Å². The average molecular weight is 561 g/mol. The molecule has 4 aromatic rings. The molecule has 0 bridgehead atoms. The molecule has 3 heterocycles. The van der Waals surface area contributed by atoms with E-state index in [-0.39, 0.29) is 17.3 Å². The van der Waals surface area contributed by atoms with Crippen molar-refractivity contribution in [3.05, 3.63) is 83.2 Å². The van der Waals surface area contributed by atoms with E-state index in [2.05, 4.69) is 11.1 Å². The topological polar surface area (TPSA) is 82.3 Å². The van der Waals surface area contributed by atoms with Gasteiger partial charge in [0.1, 0.15) is 11.6 Å². The van der Waals surface area contributed by atoms with Gasteiger partial charge in [0, 0.05) is 47.6 Å². The molecule has 0 atom stereocenters. The highest BCUT2D eigenvalue weighted by Gasteiger charge is 2.38. The molecule has 2 aromatic carbocycles. The van der Waals surface area contributed by atoms with Crippen LogP contribution in [0.2, 0.25) is 0 Å². The number of hydrogen-bond acceptors (Lipinski definition) is 6. The van der Waals surface area contributed by atoms with Crippen LogP contribution in [0.25, 0.3) is 22.0 Å². The molecule has 1 fully saturated rings. The maximum atomic E-state index is 13.9. The first kappa shape index (κ1) is 28.4. The minimum absolute atomic E-state index is 0.0933. The first-order chi connectivity index (χ1) is 19.5. The lowest BCUT2D eigenvalue weighted by molar-refractivity contribution is -0.137. The standard InChI is InChI=1S/C32H31F3N4O2/c1-31(2,40)24-16-27(32(33,34)35)30(38-19-24)39-13-11-20(12-14-39)15-23-18-37-28-25(5-4-6-26(28)29(23)41-3)22-9-7-21(17-36)8-10-22/h4-10,16,18-20,40H,11-15H2,1-3H3. The SMILES string of the molecule is COc1c(CC2CCN(c3ncc(C(C)(C)O)cc3C(F)(F)F)CC2)cnc2c(-c3ccc(C#N)cc3)cccc12. The maximum absolute atomic E-state index is 13.9. The summed E-state index contributed by atoms with van der Waals surface area (Å²) < 4.78 is 47.7. The molecular formula is C32H31F3N4O2. The van der Waals surface area contributed by atoms with Crippen molar-refractivity contribution in [3.63, 3.8) is 0 Å². The summed E-state index contributed by atoms with van der Waals surface area (Å²) in [7, 11) is 1.64. The molecule has 0 spiro atoms. The molecule has 1 aliphatic heterocycles. The Morgan fingerprint density at radius 3 is 2.37 bits per heavy atom. The number of nitrogens with zero attached hydrogens (tertiary/aromatic N) is 4. The smallest absolute Gasteiger partial charge is 0.419 e. The van der Waals surface area contributed by atoms with Crippen molar-refractivity contribution in [3.8, 4) is 22.9 Å². The van der Waals surface area contributed by atoms with E-state index in [1.54, 1.807) is 24.1 Å². The predicted octanol–water partition coefficient (Wildman–Crippen LogP) is 6.88. The highest BCUT2D eigenvalue weighted by molar-refractivity contribution is 5.97. The number of fused-ring (bicyclic) bond motifs is 1. The van der Waals surface area contributed by atoms with E-state index >= 15 is 0 Å². The summed E-state index contributed by atoms with van der Waals surface area (Å²) in [6.07, 6.45) is 0.657. The molecule has 6 nitrogen and oxygen atoms in total. The van der Waals surface area contributed by atoms with E-state index < -0.39 is 17.3 Å². The third-order valence-corrected chi connectivity index (χ3v) is 7.75. The minimum Gasteiger partial charge on any atom is -0.496 e. The van der Waals surface area contributed by atoms with E-state index in [4.69, 9.17) is 15.0 Å². The monoisotopic (exact) mass is 560 g/mol. The van der Waals surface area contributed by atoms with E-state index in [0.29, 0.717) is 37.9 Å². The van der Waals surface area contributed by atoms with Gasteiger partial charge >= 0.3 is 6.18 Å². The fraction of sp³-hybridized carbons (Fsp3) is 0.344. The second kappa shape index (κ2) is 11.0. The number of nitriles is 1. The molecule has 0 radical (unpaired) electrons. The third-order valence-electron chi connectivity index (χ3n) is 7.75. The van der Waals surface area contributed by atoms with Crippen LogP contribution in [0.3, 0.4) is 0 Å². The van der Waals surface area contributed by atoms with Gasteiger partial charge in [0.25, 0.3) is 0 Å². The van der Waals surface area contributed by atoms with E-state index in [9.17, 15) is 18.3 Å². The molecule has 1 aliphatic rings. The number of methoxy groups -OCH3 is 1. The summed E-state index contributed by atoms with van der Waals surface area (Å²) in [5.74, 6) is 0.895. The molecule has 1 saturated heterocycles. The van der Waals surface area contributed by atoms with Gasteiger partial charge in [-0.2, -0.15) is 18.4 Å². The van der Waals surface area contributed by atoms with Crippen molar-refractivity contribution in [2.45, 2.75) is 44.9 Å². The van der Waals surface area contributed by atoms with Crippen LogP contribution in [-0.2, 0) is 18.2 Å². The Labute approximate surface area is 237 Å². The Morgan fingerprint density at radius 2 is 1.76 bits per heavy atom. The Balaban J connectivity index is 1.36. The van der Waals surface area contributed by atoms with Crippen molar-refractivity contribution < 1.29 is 23.0 Å². The van der Waals surface area contributed by atoms with Crippen LogP contribution in [-0.4, -0.2) is 35.3 Å². The van der Waals surface area contributed by atoms with Crippen LogP contribution < -0.4 is 9.64 Å². The van der Waals surface area contributed by atoms with Crippen molar-refractivity contribution in [2.24, 2.45) is 5.92 Å². The number of aromatic nitrogens is 2. The first-order valence-electron chi connectivity index (χ1n) is 13.5. The molecule has 0 saturated carbocycles. The number of hydrogen-bond donors (Lipinski definition) is 1. The lowest BCUT2D eigenvalue weighted by Crippen LogP contribution is -2.36. The highest BCUT2D eigenvalue weighted by Crippen LogP contribution is 2.40.